The largest absolute Gasteiger partial charge is 0.497 e. The molecule has 0 unspecified atom stereocenters. The Hall–Kier alpha value is -6.53. The molecule has 2 heterocycles. The Morgan fingerprint density at radius 2 is 1.33 bits per heavy atom. The lowest BCUT2D eigenvalue weighted by atomic mass is 9.92. The van der Waals surface area contributed by atoms with E-state index in [9.17, 15) is 24.0 Å². The van der Waals surface area contributed by atoms with E-state index in [4.69, 9.17) is 23.7 Å². The number of ether oxygens (including phenoxy) is 5. The molecule has 0 radical (unpaired) electrons. The molecule has 4 aromatic carbocycles. The Morgan fingerprint density at radius 1 is 0.769 bits per heavy atom. The maximum Gasteiger partial charge on any atom is 0.339 e. The van der Waals surface area contributed by atoms with Crippen LogP contribution in [0.4, 0.5) is 0 Å². The van der Waals surface area contributed by atoms with Crippen molar-refractivity contribution in [2.24, 2.45) is 0 Å². The summed E-state index contributed by atoms with van der Waals surface area (Å²) in [4.78, 5) is 67.8. The third-order valence-corrected chi connectivity index (χ3v) is 8.55. The van der Waals surface area contributed by atoms with Gasteiger partial charge < -0.3 is 23.7 Å². The fraction of sp³-hybridized carbons (Fsp3) is 0.175. The van der Waals surface area contributed by atoms with E-state index in [0.29, 0.717) is 11.3 Å². The molecule has 1 aliphatic rings. The third-order valence-electron chi connectivity index (χ3n) is 8.55. The Kier molecular flexibility index (Phi) is 10.6. The van der Waals surface area contributed by atoms with E-state index in [1.807, 2.05) is 0 Å². The van der Waals surface area contributed by atoms with Gasteiger partial charge in [-0.15, -0.1) is 0 Å². The van der Waals surface area contributed by atoms with E-state index < -0.39 is 59.8 Å². The van der Waals surface area contributed by atoms with Crippen molar-refractivity contribution in [3.8, 4) is 5.75 Å². The van der Waals surface area contributed by atoms with Gasteiger partial charge >= 0.3 is 23.6 Å². The van der Waals surface area contributed by atoms with Crippen molar-refractivity contribution in [3.05, 3.63) is 183 Å². The summed E-state index contributed by atoms with van der Waals surface area (Å²) in [5.74, 6) is -1.77. The van der Waals surface area contributed by atoms with Gasteiger partial charge in [0.25, 0.3) is 5.56 Å². The molecule has 1 fully saturated rings. The lowest BCUT2D eigenvalue weighted by Gasteiger charge is -2.35. The smallest absolute Gasteiger partial charge is 0.339 e. The molecule has 0 spiro atoms. The van der Waals surface area contributed by atoms with Crippen molar-refractivity contribution < 1.29 is 38.1 Å². The van der Waals surface area contributed by atoms with Gasteiger partial charge in [0.1, 0.15) is 18.5 Å². The van der Waals surface area contributed by atoms with Crippen LogP contribution in [0.25, 0.3) is 0 Å². The summed E-state index contributed by atoms with van der Waals surface area (Å²) < 4.78 is 31.5. The van der Waals surface area contributed by atoms with Gasteiger partial charge in [-0.1, -0.05) is 73.3 Å². The molecule has 0 aliphatic carbocycles. The molecular weight excluding hydrogens is 668 g/mol. The molecule has 1 aliphatic heterocycles. The van der Waals surface area contributed by atoms with Crippen LogP contribution in [0.15, 0.2) is 150 Å². The average Bonchev–Trinajstić information content (AvgIpc) is 3.48. The highest BCUT2D eigenvalue weighted by Gasteiger charge is 2.62. The first-order chi connectivity index (χ1) is 25.2. The summed E-state index contributed by atoms with van der Waals surface area (Å²) >= 11 is 0. The summed E-state index contributed by atoms with van der Waals surface area (Å²) in [5.41, 5.74) is -2.35. The first kappa shape index (κ1) is 35.3. The SMILES string of the molecule is C=C[C@@]1(OC(=O)c2ccccc2)[C@H](OC(=O)c2ccccc2)[C@@H](COC(=O)c2ccccc2)O[C@H]1n1ccc(=O)n(Cc2ccc(OC)cc2)c1=O. The number of hydrogen-bond donors (Lipinski definition) is 0. The molecule has 12 nitrogen and oxygen atoms in total. The number of hydrogen-bond acceptors (Lipinski definition) is 10. The second-order valence-electron chi connectivity index (χ2n) is 11.8. The van der Waals surface area contributed by atoms with E-state index in [-0.39, 0.29) is 23.2 Å². The average molecular weight is 703 g/mol. The molecule has 0 bridgehead atoms. The van der Waals surface area contributed by atoms with Crippen molar-refractivity contribution in [3.63, 3.8) is 0 Å². The molecule has 6 rings (SSSR count). The number of aromatic nitrogens is 2. The normalized spacial score (nSPS) is 19.3. The Balaban J connectivity index is 1.45. The summed E-state index contributed by atoms with van der Waals surface area (Å²) in [7, 11) is 1.52. The van der Waals surface area contributed by atoms with Crippen LogP contribution >= 0.6 is 0 Å². The number of carbonyl (C=O) groups excluding carboxylic acids is 3. The lowest BCUT2D eigenvalue weighted by molar-refractivity contribution is -0.0950. The minimum Gasteiger partial charge on any atom is -0.497 e. The molecule has 1 saturated heterocycles. The summed E-state index contributed by atoms with van der Waals surface area (Å²) in [6, 6.07) is 32.3. The summed E-state index contributed by atoms with van der Waals surface area (Å²) in [5, 5.41) is 0. The molecule has 4 atom stereocenters. The van der Waals surface area contributed by atoms with Crippen LogP contribution < -0.4 is 16.0 Å². The second-order valence-corrected chi connectivity index (χ2v) is 11.8. The highest BCUT2D eigenvalue weighted by Crippen LogP contribution is 2.44. The molecule has 52 heavy (non-hydrogen) atoms. The van der Waals surface area contributed by atoms with E-state index in [0.717, 1.165) is 15.2 Å². The van der Waals surface area contributed by atoms with Crippen molar-refractivity contribution in [2.75, 3.05) is 13.7 Å². The summed E-state index contributed by atoms with van der Waals surface area (Å²) in [6.07, 6.45) is -1.98. The van der Waals surface area contributed by atoms with E-state index >= 15 is 0 Å². The Morgan fingerprint density at radius 3 is 1.88 bits per heavy atom. The predicted octanol–water partition coefficient (Wildman–Crippen LogP) is 4.83. The molecule has 5 aromatic rings. The standard InChI is InChI=1S/C40H34N2O10/c1-3-40(52-37(46)30-17-11-6-12-18-30)34(51-36(45)29-15-9-5-10-16-29)32(26-49-35(44)28-13-7-4-8-14-28)50-38(40)41-24-23-33(43)42(39(41)47)25-27-19-21-31(48-2)22-20-27/h3-24,32,34,38H,1,25-26H2,2H3/t32-,34-,38-,40-/m1/s1. The van der Waals surface area contributed by atoms with Crippen LogP contribution in [0.2, 0.25) is 0 Å². The zero-order valence-corrected chi connectivity index (χ0v) is 28.0. The van der Waals surface area contributed by atoms with Gasteiger partial charge in [0.15, 0.2) is 12.3 Å². The number of carbonyl (C=O) groups is 3. The molecular formula is C40H34N2O10. The maximum atomic E-state index is 14.2. The highest BCUT2D eigenvalue weighted by molar-refractivity contribution is 5.91. The topological polar surface area (TPSA) is 141 Å². The molecule has 264 valence electrons. The molecule has 1 aromatic heterocycles. The van der Waals surface area contributed by atoms with Gasteiger partial charge in [-0.25, -0.2) is 19.2 Å². The molecule has 12 heteroatoms. The lowest BCUT2D eigenvalue weighted by Crippen LogP contribution is -2.53. The van der Waals surface area contributed by atoms with Gasteiger partial charge in [0.2, 0.25) is 5.60 Å². The number of rotatable bonds is 12. The van der Waals surface area contributed by atoms with E-state index in [1.54, 1.807) is 91.0 Å². The Bertz CT molecular complexity index is 2170. The van der Waals surface area contributed by atoms with Crippen molar-refractivity contribution >= 4 is 17.9 Å². The second kappa shape index (κ2) is 15.6. The zero-order chi connectivity index (χ0) is 36.7. The first-order valence-electron chi connectivity index (χ1n) is 16.2. The van der Waals surface area contributed by atoms with Crippen LogP contribution in [-0.4, -0.2) is 58.6 Å². The first-order valence-corrected chi connectivity index (χ1v) is 16.2. The number of benzene rings is 4. The van der Waals surface area contributed by atoms with Crippen molar-refractivity contribution in [2.45, 2.75) is 30.6 Å². The van der Waals surface area contributed by atoms with Crippen LogP contribution in [0, 0.1) is 0 Å². The number of methoxy groups -OCH3 is 1. The molecule has 0 N–H and O–H groups in total. The van der Waals surface area contributed by atoms with Gasteiger partial charge in [0, 0.05) is 12.3 Å². The minimum atomic E-state index is -2.10. The van der Waals surface area contributed by atoms with Crippen LogP contribution in [-0.2, 0) is 25.5 Å². The van der Waals surface area contributed by atoms with Crippen molar-refractivity contribution in [1.82, 2.24) is 9.13 Å². The van der Waals surface area contributed by atoms with Gasteiger partial charge in [-0.2, -0.15) is 0 Å². The van der Waals surface area contributed by atoms with E-state index in [1.165, 1.54) is 43.6 Å². The minimum absolute atomic E-state index is 0.120. The van der Waals surface area contributed by atoms with Gasteiger partial charge in [0.05, 0.1) is 30.3 Å². The van der Waals surface area contributed by atoms with Crippen molar-refractivity contribution in [1.29, 1.82) is 0 Å². The number of nitrogens with zero attached hydrogens (tertiary/aromatic N) is 2. The quantitative estimate of drug-likeness (QED) is 0.101. The van der Waals surface area contributed by atoms with Crippen LogP contribution in [0.3, 0.4) is 0 Å². The fourth-order valence-corrected chi connectivity index (χ4v) is 5.85. The van der Waals surface area contributed by atoms with Gasteiger partial charge in [-0.05, 0) is 60.2 Å². The monoisotopic (exact) mass is 702 g/mol. The zero-order valence-electron chi connectivity index (χ0n) is 28.0. The number of esters is 3. The fourth-order valence-electron chi connectivity index (χ4n) is 5.85. The predicted molar refractivity (Wildman–Crippen MR) is 188 cm³/mol. The van der Waals surface area contributed by atoms with E-state index in [2.05, 4.69) is 6.58 Å². The van der Waals surface area contributed by atoms with Crippen LogP contribution in [0.1, 0.15) is 42.9 Å². The molecule has 0 amide bonds. The third kappa shape index (κ3) is 7.32. The maximum absolute atomic E-state index is 14.2. The summed E-state index contributed by atoms with van der Waals surface area (Å²) in [6.45, 7) is 3.34. The highest BCUT2D eigenvalue weighted by atomic mass is 16.7. The van der Waals surface area contributed by atoms with Crippen LogP contribution in [0.5, 0.6) is 5.75 Å². The Labute approximate surface area is 298 Å². The molecule has 0 saturated carbocycles. The van der Waals surface area contributed by atoms with Gasteiger partial charge in [-0.3, -0.25) is 13.9 Å².